The van der Waals surface area contributed by atoms with E-state index in [0.717, 1.165) is 24.3 Å². The number of fused-ring (bicyclic) bond motifs is 1. The number of nitrogens with one attached hydrogen (secondary N) is 2. The number of carbonyl (C=O) groups excluding carboxylic acids is 2. The summed E-state index contributed by atoms with van der Waals surface area (Å²) in [6.07, 6.45) is -5.31. The average molecular weight is 649 g/mol. The second-order valence-electron chi connectivity index (χ2n) is 11.0. The Morgan fingerprint density at radius 3 is 2.36 bits per heavy atom. The van der Waals surface area contributed by atoms with E-state index in [0.29, 0.717) is 11.3 Å². The van der Waals surface area contributed by atoms with Crippen LogP contribution in [0.1, 0.15) is 25.0 Å². The molecule has 10 nitrogen and oxygen atoms in total. The summed E-state index contributed by atoms with van der Waals surface area (Å²) in [5, 5.41) is 12.4. The number of rotatable bonds is 8. The van der Waals surface area contributed by atoms with Crippen molar-refractivity contribution in [1.29, 1.82) is 0 Å². The summed E-state index contributed by atoms with van der Waals surface area (Å²) in [7, 11) is -2.41. The zero-order valence-corrected chi connectivity index (χ0v) is 25.7. The SMILES string of the molecule is C[C@H]1CN([C@@H](C)CO)C(=O)Cc2cc(NS(=O)(=O)c3ccccc3)ccc2O[C@H]1CN(C)C(=O)Nc1ccc(C(F)(F)F)cc1. The maximum atomic E-state index is 13.4. The second kappa shape index (κ2) is 13.8. The Hall–Kier alpha value is -4.30. The van der Waals surface area contributed by atoms with Crippen LogP contribution in [0.4, 0.5) is 29.3 Å². The summed E-state index contributed by atoms with van der Waals surface area (Å²) in [5.41, 5.74) is -0.0489. The maximum Gasteiger partial charge on any atom is 0.416 e. The highest BCUT2D eigenvalue weighted by atomic mass is 32.2. The van der Waals surface area contributed by atoms with Crippen LogP contribution in [0.3, 0.4) is 0 Å². The quantitative estimate of drug-likeness (QED) is 0.322. The van der Waals surface area contributed by atoms with Gasteiger partial charge in [0.1, 0.15) is 11.9 Å². The Kier molecular flexibility index (Phi) is 10.3. The molecule has 0 aromatic heterocycles. The van der Waals surface area contributed by atoms with Crippen molar-refractivity contribution < 1.29 is 41.0 Å². The summed E-state index contributed by atoms with van der Waals surface area (Å²) >= 11 is 0. The number of anilines is 2. The number of hydrogen-bond acceptors (Lipinski definition) is 6. The van der Waals surface area contributed by atoms with Gasteiger partial charge < -0.3 is 25.0 Å². The molecule has 3 aromatic carbocycles. The third kappa shape index (κ3) is 8.45. The minimum Gasteiger partial charge on any atom is -0.488 e. The zero-order chi connectivity index (χ0) is 32.9. The molecule has 0 fully saturated rings. The summed E-state index contributed by atoms with van der Waals surface area (Å²) in [4.78, 5) is 29.3. The summed E-state index contributed by atoms with van der Waals surface area (Å²) < 4.78 is 73.5. The molecule has 3 atom stereocenters. The predicted octanol–water partition coefficient (Wildman–Crippen LogP) is 4.82. The molecule has 0 saturated carbocycles. The topological polar surface area (TPSA) is 128 Å². The Labute approximate surface area is 259 Å². The molecule has 0 bridgehead atoms. The van der Waals surface area contributed by atoms with Crippen molar-refractivity contribution in [2.75, 3.05) is 36.8 Å². The van der Waals surface area contributed by atoms with Crippen LogP contribution in [-0.2, 0) is 27.4 Å². The average Bonchev–Trinajstić information content (AvgIpc) is 3.04. The lowest BCUT2D eigenvalue weighted by Crippen LogP contribution is -2.48. The lowest BCUT2D eigenvalue weighted by Gasteiger charge is -2.34. The first-order valence-electron chi connectivity index (χ1n) is 14.1. The molecule has 3 amide bonds. The molecule has 45 heavy (non-hydrogen) atoms. The van der Waals surface area contributed by atoms with Gasteiger partial charge in [0.05, 0.1) is 36.1 Å². The van der Waals surface area contributed by atoms with Gasteiger partial charge in [0.2, 0.25) is 5.91 Å². The van der Waals surface area contributed by atoms with Gasteiger partial charge in [-0.1, -0.05) is 25.1 Å². The first-order valence-corrected chi connectivity index (χ1v) is 15.6. The molecule has 0 saturated heterocycles. The number of amides is 3. The van der Waals surface area contributed by atoms with Crippen LogP contribution < -0.4 is 14.8 Å². The molecular formula is C31H35F3N4O6S. The number of urea groups is 1. The third-order valence-electron chi connectivity index (χ3n) is 7.49. The van der Waals surface area contributed by atoms with E-state index >= 15 is 0 Å². The smallest absolute Gasteiger partial charge is 0.416 e. The monoisotopic (exact) mass is 648 g/mol. The first-order chi connectivity index (χ1) is 21.2. The number of alkyl halides is 3. The molecule has 3 aromatic rings. The van der Waals surface area contributed by atoms with Crippen molar-refractivity contribution in [1.82, 2.24) is 9.80 Å². The van der Waals surface area contributed by atoms with Crippen LogP contribution >= 0.6 is 0 Å². The van der Waals surface area contributed by atoms with E-state index in [2.05, 4.69) is 10.0 Å². The van der Waals surface area contributed by atoms with Gasteiger partial charge in [-0.05, 0) is 61.5 Å². The Balaban J connectivity index is 1.58. The van der Waals surface area contributed by atoms with Crippen molar-refractivity contribution in [3.63, 3.8) is 0 Å². The van der Waals surface area contributed by atoms with E-state index in [1.807, 2.05) is 6.92 Å². The lowest BCUT2D eigenvalue weighted by atomic mass is 10.0. The van der Waals surface area contributed by atoms with Crippen molar-refractivity contribution >= 4 is 33.3 Å². The fourth-order valence-electron chi connectivity index (χ4n) is 4.84. The van der Waals surface area contributed by atoms with Crippen LogP contribution in [0, 0.1) is 5.92 Å². The molecule has 4 rings (SSSR count). The normalized spacial score (nSPS) is 18.0. The summed E-state index contributed by atoms with van der Waals surface area (Å²) in [5.74, 6) is -0.324. The number of benzene rings is 3. The highest BCUT2D eigenvalue weighted by Crippen LogP contribution is 2.31. The highest BCUT2D eigenvalue weighted by Gasteiger charge is 2.33. The first kappa shape index (κ1) is 33.6. The van der Waals surface area contributed by atoms with Crippen molar-refractivity contribution in [3.05, 3.63) is 83.9 Å². The van der Waals surface area contributed by atoms with E-state index in [1.165, 1.54) is 41.1 Å². The highest BCUT2D eigenvalue weighted by molar-refractivity contribution is 7.92. The lowest BCUT2D eigenvalue weighted by molar-refractivity contribution is -0.137. The number of halogens is 3. The van der Waals surface area contributed by atoms with E-state index in [4.69, 9.17) is 4.74 Å². The molecule has 3 N–H and O–H groups in total. The van der Waals surface area contributed by atoms with Crippen molar-refractivity contribution in [2.45, 2.75) is 43.5 Å². The van der Waals surface area contributed by atoms with Crippen molar-refractivity contribution in [3.8, 4) is 5.75 Å². The number of aliphatic hydroxyl groups excluding tert-OH is 1. The van der Waals surface area contributed by atoms with Gasteiger partial charge in [-0.3, -0.25) is 9.52 Å². The molecule has 0 spiro atoms. The van der Waals surface area contributed by atoms with Gasteiger partial charge in [-0.2, -0.15) is 13.2 Å². The van der Waals surface area contributed by atoms with E-state index in [1.54, 1.807) is 31.2 Å². The Bertz CT molecular complexity index is 1600. The van der Waals surface area contributed by atoms with Crippen LogP contribution in [-0.4, -0.2) is 74.2 Å². The summed E-state index contributed by atoms with van der Waals surface area (Å²) in [6.45, 7) is 3.48. The standard InChI is InChI=1S/C31H35F3N4O6S/c1-20-17-38(21(2)19-39)29(40)16-22-15-25(36-45(42,43)26-7-5-4-6-8-26)13-14-27(22)44-28(20)18-37(3)30(41)35-24-11-9-23(10-12-24)31(32,33)34/h4-15,20-21,28,36,39H,16-19H2,1-3H3,(H,35,41)/t20-,21-,28-/m0/s1. The minimum absolute atomic E-state index is 0.0327. The zero-order valence-electron chi connectivity index (χ0n) is 24.9. The van der Waals surface area contributed by atoms with Crippen LogP contribution in [0.2, 0.25) is 0 Å². The van der Waals surface area contributed by atoms with Gasteiger partial charge >= 0.3 is 12.2 Å². The molecule has 0 radical (unpaired) electrons. The van der Waals surface area contributed by atoms with Crippen LogP contribution in [0.5, 0.6) is 5.75 Å². The fraction of sp³-hybridized carbons (Fsp3) is 0.355. The number of hydrogen-bond donors (Lipinski definition) is 3. The third-order valence-corrected chi connectivity index (χ3v) is 8.88. The van der Waals surface area contributed by atoms with Gasteiger partial charge in [0.15, 0.2) is 0 Å². The molecule has 0 aliphatic carbocycles. The van der Waals surface area contributed by atoms with Crippen molar-refractivity contribution in [2.24, 2.45) is 5.92 Å². The number of aliphatic hydroxyl groups is 1. The molecular weight excluding hydrogens is 613 g/mol. The van der Waals surface area contributed by atoms with Gasteiger partial charge in [0, 0.05) is 36.4 Å². The van der Waals surface area contributed by atoms with Gasteiger partial charge in [-0.15, -0.1) is 0 Å². The largest absolute Gasteiger partial charge is 0.488 e. The van der Waals surface area contributed by atoms with E-state index in [-0.39, 0.29) is 54.2 Å². The van der Waals surface area contributed by atoms with Gasteiger partial charge in [-0.25, -0.2) is 13.2 Å². The number of nitrogens with zero attached hydrogens (tertiary/aromatic N) is 2. The number of sulfonamides is 1. The minimum atomic E-state index is -4.50. The molecule has 14 heteroatoms. The predicted molar refractivity (Wildman–Crippen MR) is 162 cm³/mol. The van der Waals surface area contributed by atoms with E-state index in [9.17, 15) is 36.3 Å². The fourth-order valence-corrected chi connectivity index (χ4v) is 5.91. The molecule has 1 aliphatic heterocycles. The molecule has 242 valence electrons. The Morgan fingerprint density at radius 1 is 1.09 bits per heavy atom. The van der Waals surface area contributed by atoms with Crippen LogP contribution in [0.25, 0.3) is 0 Å². The molecule has 1 aliphatic rings. The van der Waals surface area contributed by atoms with Crippen LogP contribution in [0.15, 0.2) is 77.7 Å². The summed E-state index contributed by atoms with van der Waals surface area (Å²) in [6, 6.07) is 15.3. The van der Waals surface area contributed by atoms with Gasteiger partial charge in [0.25, 0.3) is 10.0 Å². The maximum absolute atomic E-state index is 13.4. The van der Waals surface area contributed by atoms with E-state index < -0.39 is 39.9 Å². The number of ether oxygens (including phenoxy) is 1. The number of likely N-dealkylation sites (N-methyl/N-ethyl adjacent to an activating group) is 1. The molecule has 0 unspecified atom stereocenters. The second-order valence-corrected chi connectivity index (χ2v) is 12.7. The number of carbonyl (C=O) groups is 2. The Morgan fingerprint density at radius 2 is 1.73 bits per heavy atom. The molecule has 1 heterocycles.